The molecule has 0 unspecified atom stereocenters. The first-order valence-electron chi connectivity index (χ1n) is 10.3. The lowest BCUT2D eigenvalue weighted by Crippen LogP contribution is -2.37. The summed E-state index contributed by atoms with van der Waals surface area (Å²) in [5.41, 5.74) is 7.07. The smallest absolute Gasteiger partial charge is 0.415 e. The second-order valence-corrected chi connectivity index (χ2v) is 7.78. The van der Waals surface area contributed by atoms with Crippen molar-refractivity contribution in [2.24, 2.45) is 5.73 Å². The van der Waals surface area contributed by atoms with E-state index in [9.17, 15) is 18.0 Å². The van der Waals surface area contributed by atoms with Crippen molar-refractivity contribution in [1.82, 2.24) is 25.3 Å². The molecule has 3 N–H and O–H groups in total. The summed E-state index contributed by atoms with van der Waals surface area (Å²) in [4.78, 5) is 11.8. The first-order chi connectivity index (χ1) is 16.1. The van der Waals surface area contributed by atoms with E-state index in [-0.39, 0.29) is 29.9 Å². The first kappa shape index (κ1) is 23.2. The molecular formula is C23H21F3N6O2. The molecule has 1 atom stereocenters. The lowest BCUT2D eigenvalue weighted by Gasteiger charge is -2.10. The Labute approximate surface area is 192 Å². The quantitative estimate of drug-likeness (QED) is 0.442. The maximum absolute atomic E-state index is 13.5. The predicted molar refractivity (Wildman–Crippen MR) is 118 cm³/mol. The third-order valence-electron chi connectivity index (χ3n) is 4.98. The van der Waals surface area contributed by atoms with Gasteiger partial charge in [0.15, 0.2) is 5.69 Å². The lowest BCUT2D eigenvalue weighted by atomic mass is 10.1. The van der Waals surface area contributed by atoms with E-state index in [1.54, 1.807) is 43.3 Å². The highest BCUT2D eigenvalue weighted by Gasteiger charge is 2.36. The van der Waals surface area contributed by atoms with Crippen LogP contribution in [-0.4, -0.2) is 31.9 Å². The van der Waals surface area contributed by atoms with Gasteiger partial charge in [-0.15, -0.1) is 10.2 Å². The van der Waals surface area contributed by atoms with Gasteiger partial charge in [0.2, 0.25) is 11.8 Å². The Kier molecular flexibility index (Phi) is 6.20. The molecule has 4 rings (SSSR count). The van der Waals surface area contributed by atoms with Crippen molar-refractivity contribution >= 4 is 5.91 Å². The largest absolute Gasteiger partial charge is 0.435 e. The Hall–Kier alpha value is -3.99. The lowest BCUT2D eigenvalue weighted by molar-refractivity contribution is -0.141. The summed E-state index contributed by atoms with van der Waals surface area (Å²) >= 11 is 0. The first-order valence-corrected chi connectivity index (χ1v) is 10.3. The third kappa shape index (κ3) is 4.99. The average Bonchev–Trinajstić information content (AvgIpc) is 3.45. The Morgan fingerprint density at radius 1 is 1.12 bits per heavy atom. The van der Waals surface area contributed by atoms with E-state index in [1.807, 2.05) is 19.1 Å². The summed E-state index contributed by atoms with van der Waals surface area (Å²) in [7, 11) is 0. The molecule has 0 saturated heterocycles. The predicted octanol–water partition coefficient (Wildman–Crippen LogP) is 3.88. The van der Waals surface area contributed by atoms with Gasteiger partial charge in [-0.05, 0) is 43.7 Å². The number of hydrogen-bond acceptors (Lipinski definition) is 6. The Morgan fingerprint density at radius 3 is 2.50 bits per heavy atom. The molecule has 2 aromatic carbocycles. The van der Waals surface area contributed by atoms with Crippen molar-refractivity contribution < 1.29 is 22.4 Å². The van der Waals surface area contributed by atoms with E-state index < -0.39 is 17.9 Å². The van der Waals surface area contributed by atoms with Crippen molar-refractivity contribution in [3.63, 3.8) is 0 Å². The number of nitrogens with two attached hydrogens (primary N) is 1. The molecule has 0 fully saturated rings. The Morgan fingerprint density at radius 2 is 1.82 bits per heavy atom. The zero-order valence-corrected chi connectivity index (χ0v) is 18.3. The molecule has 34 heavy (non-hydrogen) atoms. The second kappa shape index (κ2) is 9.10. The average molecular weight is 470 g/mol. The normalized spacial score (nSPS) is 12.5. The topological polar surface area (TPSA) is 112 Å². The Bertz CT molecular complexity index is 1310. The van der Waals surface area contributed by atoms with Crippen LogP contribution in [0.15, 0.2) is 59.0 Å². The minimum absolute atomic E-state index is 0.0186. The van der Waals surface area contributed by atoms with Gasteiger partial charge in [-0.25, -0.2) is 4.68 Å². The van der Waals surface area contributed by atoms with Crippen molar-refractivity contribution in [3.05, 3.63) is 71.4 Å². The van der Waals surface area contributed by atoms with Crippen LogP contribution in [0, 0.1) is 6.92 Å². The van der Waals surface area contributed by atoms with E-state index in [0.717, 1.165) is 16.3 Å². The van der Waals surface area contributed by atoms with Gasteiger partial charge in [0.25, 0.3) is 5.89 Å². The SMILES string of the molecule is Cc1ccc(-c2nnc(-c3cc(C(F)(F)F)nn3-c3cccc(CNC(=O)[C@H](C)N)c3)o2)cc1. The van der Waals surface area contributed by atoms with E-state index in [2.05, 4.69) is 20.6 Å². The summed E-state index contributed by atoms with van der Waals surface area (Å²) in [6, 6.07) is 14.0. The number of rotatable bonds is 6. The molecule has 1 amide bonds. The van der Waals surface area contributed by atoms with Crippen LogP contribution in [0.5, 0.6) is 0 Å². The number of carbonyl (C=O) groups excluding carboxylic acids is 1. The van der Waals surface area contributed by atoms with Crippen LogP contribution in [0.2, 0.25) is 0 Å². The van der Waals surface area contributed by atoms with E-state index in [1.165, 1.54) is 0 Å². The number of carbonyl (C=O) groups is 1. The number of nitrogens with one attached hydrogen (secondary N) is 1. The minimum atomic E-state index is -4.68. The highest BCUT2D eigenvalue weighted by Crippen LogP contribution is 2.33. The molecule has 8 nitrogen and oxygen atoms in total. The number of aromatic nitrogens is 4. The van der Waals surface area contributed by atoms with Gasteiger partial charge < -0.3 is 15.5 Å². The van der Waals surface area contributed by atoms with Gasteiger partial charge in [0, 0.05) is 18.2 Å². The zero-order chi connectivity index (χ0) is 24.5. The number of amides is 1. The van der Waals surface area contributed by atoms with E-state index >= 15 is 0 Å². The van der Waals surface area contributed by atoms with Gasteiger partial charge in [-0.2, -0.15) is 18.3 Å². The van der Waals surface area contributed by atoms with Gasteiger partial charge >= 0.3 is 6.18 Å². The fraction of sp³-hybridized carbons (Fsp3) is 0.217. The van der Waals surface area contributed by atoms with Crippen LogP contribution in [0.4, 0.5) is 13.2 Å². The molecule has 0 radical (unpaired) electrons. The molecule has 0 aliphatic heterocycles. The number of hydrogen-bond donors (Lipinski definition) is 2. The maximum Gasteiger partial charge on any atom is 0.435 e. The van der Waals surface area contributed by atoms with Gasteiger partial charge in [0.05, 0.1) is 11.7 Å². The molecule has 2 heterocycles. The summed E-state index contributed by atoms with van der Waals surface area (Å²) in [6.07, 6.45) is -4.68. The van der Waals surface area contributed by atoms with E-state index in [0.29, 0.717) is 16.8 Å². The van der Waals surface area contributed by atoms with Crippen molar-refractivity contribution in [2.75, 3.05) is 0 Å². The molecule has 11 heteroatoms. The number of alkyl halides is 3. The van der Waals surface area contributed by atoms with Gasteiger partial charge in [0.1, 0.15) is 5.69 Å². The fourth-order valence-electron chi connectivity index (χ4n) is 3.16. The number of aryl methyl sites for hydroxylation is 1. The molecule has 0 bridgehead atoms. The van der Waals surface area contributed by atoms with Crippen molar-refractivity contribution in [3.8, 4) is 28.7 Å². The highest BCUT2D eigenvalue weighted by molar-refractivity contribution is 5.80. The van der Waals surface area contributed by atoms with Crippen LogP contribution in [0.1, 0.15) is 23.7 Å². The van der Waals surface area contributed by atoms with Crippen LogP contribution in [-0.2, 0) is 17.5 Å². The molecule has 0 aliphatic rings. The monoisotopic (exact) mass is 470 g/mol. The highest BCUT2D eigenvalue weighted by atomic mass is 19.4. The van der Waals surface area contributed by atoms with Crippen molar-refractivity contribution in [1.29, 1.82) is 0 Å². The summed E-state index contributed by atoms with van der Waals surface area (Å²) in [5.74, 6) is -0.294. The molecule has 0 aliphatic carbocycles. The molecule has 2 aromatic heterocycles. The van der Waals surface area contributed by atoms with Gasteiger partial charge in [-0.1, -0.05) is 29.8 Å². The number of halogens is 3. The molecule has 176 valence electrons. The Balaban J connectivity index is 1.72. The summed E-state index contributed by atoms with van der Waals surface area (Å²) in [5, 5.41) is 14.3. The van der Waals surface area contributed by atoms with Crippen LogP contribution in [0.25, 0.3) is 28.7 Å². The zero-order valence-electron chi connectivity index (χ0n) is 18.3. The maximum atomic E-state index is 13.5. The second-order valence-electron chi connectivity index (χ2n) is 7.78. The van der Waals surface area contributed by atoms with Crippen LogP contribution in [0.3, 0.4) is 0 Å². The molecule has 4 aromatic rings. The standard InChI is InChI=1S/C23H21F3N6O2/c1-13-6-8-16(9-7-13)21-29-30-22(34-21)18-11-19(23(24,25)26)31-32(18)17-5-3-4-15(10-17)12-28-20(33)14(2)27/h3-11,14H,12,27H2,1-2H3,(H,28,33)/t14-/m0/s1. The van der Waals surface area contributed by atoms with Crippen molar-refractivity contribution in [2.45, 2.75) is 32.6 Å². The van der Waals surface area contributed by atoms with Crippen LogP contribution >= 0.6 is 0 Å². The molecule has 0 spiro atoms. The summed E-state index contributed by atoms with van der Waals surface area (Å²) in [6.45, 7) is 3.63. The molecule has 0 saturated carbocycles. The molecular weight excluding hydrogens is 449 g/mol. The van der Waals surface area contributed by atoms with Crippen LogP contribution < -0.4 is 11.1 Å². The number of nitrogens with zero attached hydrogens (tertiary/aromatic N) is 4. The number of benzene rings is 2. The van der Waals surface area contributed by atoms with E-state index in [4.69, 9.17) is 10.2 Å². The minimum Gasteiger partial charge on any atom is -0.415 e. The fourth-order valence-corrected chi connectivity index (χ4v) is 3.16. The summed E-state index contributed by atoms with van der Waals surface area (Å²) < 4.78 is 47.2. The third-order valence-corrected chi connectivity index (χ3v) is 4.98. The van der Waals surface area contributed by atoms with Gasteiger partial charge in [-0.3, -0.25) is 4.79 Å².